The van der Waals surface area contributed by atoms with Crippen LogP contribution < -0.4 is 0 Å². The Hall–Kier alpha value is -1.22. The zero-order chi connectivity index (χ0) is 11.4. The van der Waals surface area contributed by atoms with Gasteiger partial charge < -0.3 is 15.1 Å². The zero-order valence-corrected chi connectivity index (χ0v) is 9.57. The van der Waals surface area contributed by atoms with E-state index in [0.717, 1.165) is 18.5 Å². The fraction of sp³-hybridized carbons (Fsp3) is 0.500. The molecule has 0 bridgehead atoms. The predicted octanol–water partition coefficient (Wildman–Crippen LogP) is 1.98. The van der Waals surface area contributed by atoms with Crippen LogP contribution in [0.15, 0.2) is 18.2 Å². The first kappa shape index (κ1) is 11.9. The molecule has 84 valence electrons. The molecule has 3 heteroatoms. The molecule has 1 rings (SSSR count). The van der Waals surface area contributed by atoms with Gasteiger partial charge in [0.2, 0.25) is 0 Å². The van der Waals surface area contributed by atoms with Crippen molar-refractivity contribution in [2.24, 2.45) is 0 Å². The summed E-state index contributed by atoms with van der Waals surface area (Å²) < 4.78 is 0. The fourth-order valence-corrected chi connectivity index (χ4v) is 1.29. The predicted molar refractivity (Wildman–Crippen MR) is 61.2 cm³/mol. The molecule has 1 aromatic carbocycles. The van der Waals surface area contributed by atoms with Crippen LogP contribution in [0, 0.1) is 0 Å². The lowest BCUT2D eigenvalue weighted by Gasteiger charge is -2.20. The molecule has 0 fully saturated rings. The van der Waals surface area contributed by atoms with E-state index in [1.807, 2.05) is 6.07 Å². The van der Waals surface area contributed by atoms with Crippen LogP contribution in [0.4, 0.5) is 0 Å². The lowest BCUT2D eigenvalue weighted by Crippen LogP contribution is -2.28. The molecule has 0 unspecified atom stereocenters. The van der Waals surface area contributed by atoms with Crippen molar-refractivity contribution in [1.29, 1.82) is 0 Å². The molecule has 0 radical (unpaired) electrons. The Morgan fingerprint density at radius 1 is 1.20 bits per heavy atom. The normalized spacial score (nSPS) is 11.3. The lowest BCUT2D eigenvalue weighted by atomic mass is 10.1. The summed E-state index contributed by atoms with van der Waals surface area (Å²) in [5.41, 5.74) is 1.04. The Balaban J connectivity index is 2.55. The van der Waals surface area contributed by atoms with Crippen molar-refractivity contribution in [1.82, 2.24) is 4.90 Å². The number of aromatic hydroxyl groups is 2. The second-order valence-corrected chi connectivity index (χ2v) is 4.15. The molecule has 0 aliphatic rings. The molecule has 0 heterocycles. The highest BCUT2D eigenvalue weighted by molar-refractivity contribution is 5.40. The number of hydrogen-bond acceptors (Lipinski definition) is 3. The molecule has 0 amide bonds. The van der Waals surface area contributed by atoms with Crippen LogP contribution in [0.1, 0.15) is 19.4 Å². The van der Waals surface area contributed by atoms with Crippen molar-refractivity contribution in [2.75, 3.05) is 13.6 Å². The standard InChI is InChI=1S/C12H19NO2/c1-9(2)13(3)7-6-10-4-5-11(14)12(15)8-10/h4-5,8-9,14-15H,6-7H2,1-3H3. The number of rotatable bonds is 4. The van der Waals surface area contributed by atoms with Crippen molar-refractivity contribution >= 4 is 0 Å². The van der Waals surface area contributed by atoms with Gasteiger partial charge in [-0.2, -0.15) is 0 Å². The number of phenolic OH excluding ortho intramolecular Hbond substituents is 2. The Labute approximate surface area is 91.0 Å². The highest BCUT2D eigenvalue weighted by atomic mass is 16.3. The molecule has 0 spiro atoms. The molecule has 0 aliphatic carbocycles. The summed E-state index contributed by atoms with van der Waals surface area (Å²) in [5.74, 6) is -0.101. The van der Waals surface area contributed by atoms with Crippen molar-refractivity contribution in [3.63, 3.8) is 0 Å². The first-order chi connectivity index (χ1) is 7.00. The minimum Gasteiger partial charge on any atom is -0.504 e. The van der Waals surface area contributed by atoms with E-state index in [-0.39, 0.29) is 11.5 Å². The van der Waals surface area contributed by atoms with E-state index in [9.17, 15) is 5.11 Å². The van der Waals surface area contributed by atoms with Crippen LogP contribution in [-0.4, -0.2) is 34.7 Å². The Bertz CT molecular complexity index is 323. The van der Waals surface area contributed by atoms with Crippen LogP contribution in [0.5, 0.6) is 11.5 Å². The minimum absolute atomic E-state index is 0.0419. The van der Waals surface area contributed by atoms with Crippen molar-refractivity contribution in [3.8, 4) is 11.5 Å². The van der Waals surface area contributed by atoms with E-state index in [1.165, 1.54) is 6.07 Å². The van der Waals surface area contributed by atoms with Gasteiger partial charge in [-0.1, -0.05) is 6.07 Å². The maximum Gasteiger partial charge on any atom is 0.157 e. The molecular formula is C12H19NO2. The van der Waals surface area contributed by atoms with Crippen LogP contribution in [0.25, 0.3) is 0 Å². The highest BCUT2D eigenvalue weighted by Gasteiger charge is 2.05. The van der Waals surface area contributed by atoms with Gasteiger partial charge in [0.25, 0.3) is 0 Å². The molecule has 1 aromatic rings. The monoisotopic (exact) mass is 209 g/mol. The summed E-state index contributed by atoms with van der Waals surface area (Å²) in [6, 6.07) is 5.50. The van der Waals surface area contributed by atoms with Crippen LogP contribution in [-0.2, 0) is 6.42 Å². The topological polar surface area (TPSA) is 43.7 Å². The van der Waals surface area contributed by atoms with E-state index in [2.05, 4.69) is 25.8 Å². The summed E-state index contributed by atoms with van der Waals surface area (Å²) in [6.07, 6.45) is 0.878. The van der Waals surface area contributed by atoms with Crippen LogP contribution in [0.2, 0.25) is 0 Å². The molecule has 2 N–H and O–H groups in total. The summed E-state index contributed by atoms with van der Waals surface area (Å²) in [4.78, 5) is 2.24. The van der Waals surface area contributed by atoms with Gasteiger partial charge in [-0.15, -0.1) is 0 Å². The van der Waals surface area contributed by atoms with E-state index in [1.54, 1.807) is 6.07 Å². The smallest absolute Gasteiger partial charge is 0.157 e. The van der Waals surface area contributed by atoms with Gasteiger partial charge in [0, 0.05) is 12.6 Å². The lowest BCUT2D eigenvalue weighted by molar-refractivity contribution is 0.277. The molecule has 3 nitrogen and oxygen atoms in total. The number of phenols is 2. The van der Waals surface area contributed by atoms with E-state index < -0.39 is 0 Å². The quantitative estimate of drug-likeness (QED) is 0.745. The van der Waals surface area contributed by atoms with Crippen LogP contribution in [0.3, 0.4) is 0 Å². The first-order valence-electron chi connectivity index (χ1n) is 5.22. The van der Waals surface area contributed by atoms with Gasteiger partial charge in [-0.05, 0) is 45.0 Å². The molecule has 0 aromatic heterocycles. The summed E-state index contributed by atoms with van der Waals surface area (Å²) in [6.45, 7) is 5.24. The van der Waals surface area contributed by atoms with Crippen molar-refractivity contribution in [3.05, 3.63) is 23.8 Å². The molecule has 0 saturated carbocycles. The highest BCUT2D eigenvalue weighted by Crippen LogP contribution is 2.25. The number of nitrogens with zero attached hydrogens (tertiary/aromatic N) is 1. The van der Waals surface area contributed by atoms with Gasteiger partial charge in [0.05, 0.1) is 0 Å². The van der Waals surface area contributed by atoms with E-state index in [4.69, 9.17) is 5.11 Å². The molecule has 0 atom stereocenters. The third kappa shape index (κ3) is 3.44. The maximum atomic E-state index is 9.31. The average Bonchev–Trinajstić information content (AvgIpc) is 2.19. The van der Waals surface area contributed by atoms with Gasteiger partial charge in [0.15, 0.2) is 11.5 Å². The number of hydrogen-bond donors (Lipinski definition) is 2. The molecule has 15 heavy (non-hydrogen) atoms. The van der Waals surface area contributed by atoms with Gasteiger partial charge >= 0.3 is 0 Å². The SMILES string of the molecule is CC(C)N(C)CCc1ccc(O)c(O)c1. The third-order valence-electron chi connectivity index (χ3n) is 2.67. The fourth-order valence-electron chi connectivity index (χ4n) is 1.29. The maximum absolute atomic E-state index is 9.31. The van der Waals surface area contributed by atoms with Crippen molar-refractivity contribution in [2.45, 2.75) is 26.3 Å². The van der Waals surface area contributed by atoms with Gasteiger partial charge in [0.1, 0.15) is 0 Å². The largest absolute Gasteiger partial charge is 0.504 e. The molecular weight excluding hydrogens is 190 g/mol. The van der Waals surface area contributed by atoms with E-state index >= 15 is 0 Å². The second-order valence-electron chi connectivity index (χ2n) is 4.15. The second kappa shape index (κ2) is 5.03. The Morgan fingerprint density at radius 2 is 1.87 bits per heavy atom. The van der Waals surface area contributed by atoms with Gasteiger partial charge in [-0.3, -0.25) is 0 Å². The number of benzene rings is 1. The zero-order valence-electron chi connectivity index (χ0n) is 9.57. The molecule has 0 saturated heterocycles. The Kier molecular flexibility index (Phi) is 3.97. The average molecular weight is 209 g/mol. The number of likely N-dealkylation sites (N-methyl/N-ethyl adjacent to an activating group) is 1. The minimum atomic E-state index is -0.0593. The van der Waals surface area contributed by atoms with Gasteiger partial charge in [-0.25, -0.2) is 0 Å². The molecule has 0 aliphatic heterocycles. The first-order valence-corrected chi connectivity index (χ1v) is 5.22. The Morgan fingerprint density at radius 3 is 2.40 bits per heavy atom. The summed E-state index contributed by atoms with van der Waals surface area (Å²) in [7, 11) is 2.07. The van der Waals surface area contributed by atoms with Crippen LogP contribution >= 0.6 is 0 Å². The third-order valence-corrected chi connectivity index (χ3v) is 2.67. The summed E-state index contributed by atoms with van der Waals surface area (Å²) in [5, 5.41) is 18.5. The van der Waals surface area contributed by atoms with E-state index in [0.29, 0.717) is 6.04 Å². The van der Waals surface area contributed by atoms with Crippen molar-refractivity contribution < 1.29 is 10.2 Å². The summed E-state index contributed by atoms with van der Waals surface area (Å²) >= 11 is 0.